The summed E-state index contributed by atoms with van der Waals surface area (Å²) in [7, 11) is 0. The number of ether oxygens (including phenoxy) is 1. The third-order valence-electron chi connectivity index (χ3n) is 4.30. The van der Waals surface area contributed by atoms with Crippen LogP contribution in [-0.4, -0.2) is 29.9 Å². The highest BCUT2D eigenvalue weighted by atomic mass is 16.5. The van der Waals surface area contributed by atoms with E-state index in [2.05, 4.69) is 10.6 Å². The van der Waals surface area contributed by atoms with Crippen molar-refractivity contribution in [2.75, 3.05) is 0 Å². The molecule has 0 unspecified atom stereocenters. The van der Waals surface area contributed by atoms with Crippen LogP contribution in [0.15, 0.2) is 60.3 Å². The highest BCUT2D eigenvalue weighted by Crippen LogP contribution is 2.16. The van der Waals surface area contributed by atoms with E-state index in [1.165, 1.54) is 6.08 Å². The summed E-state index contributed by atoms with van der Waals surface area (Å²) in [6.07, 6.45) is 1.49. The monoisotopic (exact) mass is 423 g/mol. The van der Waals surface area contributed by atoms with Gasteiger partial charge in [-0.15, -0.1) is 0 Å². The summed E-state index contributed by atoms with van der Waals surface area (Å²) in [6.45, 7) is 7.13. The van der Waals surface area contributed by atoms with Crippen LogP contribution in [0.1, 0.15) is 43.6 Å². The standard InChI is InChI=1S/C24H28N2O5/c1-15(2)21(24(29)30)26-23(28)20(25-22(27)18-8-6-5-7-9-18)14-17-10-12-19(13-11-17)31-16(3)4/h5-16,21H,1-4H3,(H,25,27)(H,26,28)(H,29,30)/p-1/b20-14+/t21-/m1/s1. The van der Waals surface area contributed by atoms with Crippen LogP contribution in [0.5, 0.6) is 5.75 Å². The van der Waals surface area contributed by atoms with Gasteiger partial charge in [0.2, 0.25) is 0 Å². The molecule has 0 bridgehead atoms. The van der Waals surface area contributed by atoms with Crippen LogP contribution in [0.2, 0.25) is 0 Å². The van der Waals surface area contributed by atoms with Gasteiger partial charge >= 0.3 is 0 Å². The third-order valence-corrected chi connectivity index (χ3v) is 4.30. The Bertz CT molecular complexity index is 934. The van der Waals surface area contributed by atoms with Gasteiger partial charge in [0.1, 0.15) is 11.4 Å². The highest BCUT2D eigenvalue weighted by Gasteiger charge is 2.21. The van der Waals surface area contributed by atoms with Crippen molar-refractivity contribution in [3.63, 3.8) is 0 Å². The smallest absolute Gasteiger partial charge is 0.268 e. The quantitative estimate of drug-likeness (QED) is 0.601. The summed E-state index contributed by atoms with van der Waals surface area (Å²) in [4.78, 5) is 36.8. The molecule has 31 heavy (non-hydrogen) atoms. The zero-order chi connectivity index (χ0) is 23.0. The molecule has 0 spiro atoms. The SMILES string of the molecule is CC(C)Oc1ccc(/C=C(/NC(=O)c2ccccc2)C(=O)N[C@@H](C(=O)[O-])C(C)C)cc1. The van der Waals surface area contributed by atoms with E-state index < -0.39 is 29.7 Å². The molecule has 2 aromatic rings. The fourth-order valence-electron chi connectivity index (χ4n) is 2.74. The number of benzene rings is 2. The van der Waals surface area contributed by atoms with E-state index in [-0.39, 0.29) is 11.8 Å². The molecule has 0 radical (unpaired) electrons. The normalized spacial score (nSPS) is 12.4. The van der Waals surface area contributed by atoms with Crippen LogP contribution in [0, 0.1) is 5.92 Å². The molecular weight excluding hydrogens is 396 g/mol. The van der Waals surface area contributed by atoms with Gasteiger partial charge in [-0.2, -0.15) is 0 Å². The molecule has 0 saturated carbocycles. The lowest BCUT2D eigenvalue weighted by molar-refractivity contribution is -0.309. The average molecular weight is 423 g/mol. The Morgan fingerprint density at radius 2 is 1.55 bits per heavy atom. The van der Waals surface area contributed by atoms with E-state index in [1.807, 2.05) is 13.8 Å². The summed E-state index contributed by atoms with van der Waals surface area (Å²) in [5.41, 5.74) is 0.907. The van der Waals surface area contributed by atoms with Gasteiger partial charge in [-0.05, 0) is 55.7 Å². The maximum atomic E-state index is 12.8. The van der Waals surface area contributed by atoms with E-state index in [0.29, 0.717) is 16.9 Å². The molecule has 1 atom stereocenters. The molecule has 7 heteroatoms. The van der Waals surface area contributed by atoms with Gasteiger partial charge in [-0.1, -0.05) is 44.2 Å². The molecule has 0 heterocycles. The lowest BCUT2D eigenvalue weighted by Crippen LogP contribution is -2.52. The maximum Gasteiger partial charge on any atom is 0.268 e. The first-order chi connectivity index (χ1) is 14.7. The van der Waals surface area contributed by atoms with Gasteiger partial charge < -0.3 is 25.3 Å². The largest absolute Gasteiger partial charge is 0.548 e. The molecule has 0 fully saturated rings. The number of amides is 2. The number of hydrogen-bond donors (Lipinski definition) is 2. The highest BCUT2D eigenvalue weighted by molar-refractivity contribution is 6.06. The van der Waals surface area contributed by atoms with Crippen LogP contribution < -0.4 is 20.5 Å². The minimum atomic E-state index is -1.40. The summed E-state index contributed by atoms with van der Waals surface area (Å²) in [5, 5.41) is 16.4. The van der Waals surface area contributed by atoms with Gasteiger partial charge in [0, 0.05) is 5.56 Å². The fraction of sp³-hybridized carbons (Fsp3) is 0.292. The molecule has 2 rings (SSSR count). The zero-order valence-corrected chi connectivity index (χ0v) is 18.0. The van der Waals surface area contributed by atoms with E-state index in [9.17, 15) is 19.5 Å². The minimum Gasteiger partial charge on any atom is -0.548 e. The summed E-state index contributed by atoms with van der Waals surface area (Å²) < 4.78 is 5.61. The van der Waals surface area contributed by atoms with Crippen molar-refractivity contribution < 1.29 is 24.2 Å². The van der Waals surface area contributed by atoms with Crippen LogP contribution in [-0.2, 0) is 9.59 Å². The number of carboxylic acids is 1. The lowest BCUT2D eigenvalue weighted by Gasteiger charge is -2.24. The van der Waals surface area contributed by atoms with Gasteiger partial charge in [0.05, 0.1) is 18.1 Å². The predicted molar refractivity (Wildman–Crippen MR) is 116 cm³/mol. The molecule has 164 valence electrons. The Hall–Kier alpha value is -3.61. The summed E-state index contributed by atoms with van der Waals surface area (Å²) in [5.74, 6) is -2.34. The molecule has 0 saturated heterocycles. The molecule has 0 aliphatic carbocycles. The average Bonchev–Trinajstić information content (AvgIpc) is 2.72. The number of carbonyl (C=O) groups is 3. The van der Waals surface area contributed by atoms with Crippen molar-refractivity contribution >= 4 is 23.9 Å². The number of hydrogen-bond acceptors (Lipinski definition) is 5. The summed E-state index contributed by atoms with van der Waals surface area (Å²) in [6, 6.07) is 14.2. The van der Waals surface area contributed by atoms with E-state index in [0.717, 1.165) is 0 Å². The Balaban J connectivity index is 2.32. The van der Waals surface area contributed by atoms with Crippen molar-refractivity contribution in [1.82, 2.24) is 10.6 Å². The van der Waals surface area contributed by atoms with Crippen molar-refractivity contribution in [3.05, 3.63) is 71.4 Å². The van der Waals surface area contributed by atoms with Gasteiger partial charge in [-0.25, -0.2) is 0 Å². The molecule has 2 amide bonds. The maximum absolute atomic E-state index is 12.8. The topological polar surface area (TPSA) is 108 Å². The number of carbonyl (C=O) groups excluding carboxylic acids is 3. The minimum absolute atomic E-state index is 0.0190. The first-order valence-electron chi connectivity index (χ1n) is 10.0. The zero-order valence-electron chi connectivity index (χ0n) is 18.0. The van der Waals surface area contributed by atoms with E-state index in [4.69, 9.17) is 4.74 Å². The molecule has 2 aromatic carbocycles. The fourth-order valence-corrected chi connectivity index (χ4v) is 2.74. The Morgan fingerprint density at radius 3 is 2.06 bits per heavy atom. The van der Waals surface area contributed by atoms with Crippen LogP contribution in [0.25, 0.3) is 6.08 Å². The van der Waals surface area contributed by atoms with Crippen molar-refractivity contribution in [3.8, 4) is 5.75 Å². The van der Waals surface area contributed by atoms with Gasteiger partial charge in [-0.3, -0.25) is 9.59 Å². The molecule has 0 aliphatic rings. The van der Waals surface area contributed by atoms with Crippen molar-refractivity contribution in [2.45, 2.75) is 39.8 Å². The Morgan fingerprint density at radius 1 is 0.935 bits per heavy atom. The van der Waals surface area contributed by atoms with Crippen LogP contribution in [0.3, 0.4) is 0 Å². The number of nitrogens with one attached hydrogen (secondary N) is 2. The molecular formula is C24H27N2O5-. The lowest BCUT2D eigenvalue weighted by atomic mass is 10.0. The first-order valence-corrected chi connectivity index (χ1v) is 10.0. The first kappa shape index (κ1) is 23.7. The Labute approximate surface area is 182 Å². The van der Waals surface area contributed by atoms with Crippen LogP contribution in [0.4, 0.5) is 0 Å². The molecule has 2 N–H and O–H groups in total. The Kier molecular flexibility index (Phi) is 8.37. The van der Waals surface area contributed by atoms with E-state index >= 15 is 0 Å². The van der Waals surface area contributed by atoms with Crippen LogP contribution >= 0.6 is 0 Å². The van der Waals surface area contributed by atoms with E-state index in [1.54, 1.807) is 68.4 Å². The molecule has 0 aromatic heterocycles. The third kappa shape index (κ3) is 7.29. The second-order valence-corrected chi connectivity index (χ2v) is 7.63. The second kappa shape index (κ2) is 11.0. The molecule has 0 aliphatic heterocycles. The second-order valence-electron chi connectivity index (χ2n) is 7.63. The summed E-state index contributed by atoms with van der Waals surface area (Å²) >= 11 is 0. The van der Waals surface area contributed by atoms with Crippen molar-refractivity contribution in [2.24, 2.45) is 5.92 Å². The van der Waals surface area contributed by atoms with Gasteiger partial charge in [0.15, 0.2) is 0 Å². The molecule has 7 nitrogen and oxygen atoms in total. The van der Waals surface area contributed by atoms with Gasteiger partial charge in [0.25, 0.3) is 11.8 Å². The number of aliphatic carboxylic acids is 1. The van der Waals surface area contributed by atoms with Crippen molar-refractivity contribution in [1.29, 1.82) is 0 Å². The number of rotatable bonds is 9. The predicted octanol–water partition coefficient (Wildman–Crippen LogP) is 2.14. The number of carboxylic acid groups (broad SMARTS) is 1.